The molecule has 0 aromatic heterocycles. The van der Waals surface area contributed by atoms with Crippen molar-refractivity contribution in [2.24, 2.45) is 0 Å². The number of hydrogen-bond acceptors (Lipinski definition) is 1. The van der Waals surface area contributed by atoms with E-state index in [2.05, 4.69) is 18.8 Å². The number of allylic oxidation sites excluding steroid dienone is 1. The molecule has 1 aromatic carbocycles. The molecule has 0 fully saturated rings. The number of halogens is 1. The predicted octanol–water partition coefficient (Wildman–Crippen LogP) is 3.23. The van der Waals surface area contributed by atoms with E-state index in [1.54, 1.807) is 12.1 Å². The molecule has 0 spiro atoms. The highest BCUT2D eigenvalue weighted by atomic mass is 19.1. The molecule has 0 saturated carbocycles. The standard InChI is InChI=1S/C12H16FN/c1-3-6-10(2)14-9-11-7-4-5-8-12(11)13/h4-5,7-8,14H,2-3,6,9H2,1H3. The van der Waals surface area contributed by atoms with Crippen LogP contribution in [0.3, 0.4) is 0 Å². The summed E-state index contributed by atoms with van der Waals surface area (Å²) in [4.78, 5) is 0. The van der Waals surface area contributed by atoms with E-state index in [0.29, 0.717) is 12.1 Å². The van der Waals surface area contributed by atoms with Crippen LogP contribution in [0.5, 0.6) is 0 Å². The molecule has 0 atom stereocenters. The summed E-state index contributed by atoms with van der Waals surface area (Å²) in [5.41, 5.74) is 1.65. The lowest BCUT2D eigenvalue weighted by Crippen LogP contribution is -2.12. The van der Waals surface area contributed by atoms with Crippen molar-refractivity contribution in [3.63, 3.8) is 0 Å². The summed E-state index contributed by atoms with van der Waals surface area (Å²) in [6, 6.07) is 6.78. The van der Waals surface area contributed by atoms with Crippen LogP contribution in [0.15, 0.2) is 36.5 Å². The van der Waals surface area contributed by atoms with Gasteiger partial charge in [-0.25, -0.2) is 4.39 Å². The average Bonchev–Trinajstić information content (AvgIpc) is 2.17. The fourth-order valence-electron chi connectivity index (χ4n) is 1.25. The summed E-state index contributed by atoms with van der Waals surface area (Å²) in [5.74, 6) is -0.163. The zero-order chi connectivity index (χ0) is 10.4. The fraction of sp³-hybridized carbons (Fsp3) is 0.333. The van der Waals surface area contributed by atoms with Gasteiger partial charge in [-0.3, -0.25) is 0 Å². The van der Waals surface area contributed by atoms with Gasteiger partial charge in [0.2, 0.25) is 0 Å². The second-order valence-corrected chi connectivity index (χ2v) is 3.30. The molecule has 1 N–H and O–H groups in total. The highest BCUT2D eigenvalue weighted by Gasteiger charge is 1.99. The first-order chi connectivity index (χ1) is 6.74. The van der Waals surface area contributed by atoms with Gasteiger partial charge in [-0.2, -0.15) is 0 Å². The number of hydrogen-bond donors (Lipinski definition) is 1. The third-order valence-corrected chi connectivity index (χ3v) is 2.04. The summed E-state index contributed by atoms with van der Waals surface area (Å²) in [5, 5.41) is 3.11. The van der Waals surface area contributed by atoms with Crippen molar-refractivity contribution >= 4 is 0 Å². The Bertz CT molecular complexity index is 307. The Morgan fingerprint density at radius 3 is 2.79 bits per heavy atom. The Kier molecular flexibility index (Phi) is 4.17. The Morgan fingerprint density at radius 1 is 1.43 bits per heavy atom. The first kappa shape index (κ1) is 10.8. The van der Waals surface area contributed by atoms with Gasteiger partial charge in [0.15, 0.2) is 0 Å². The zero-order valence-electron chi connectivity index (χ0n) is 8.52. The highest BCUT2D eigenvalue weighted by Crippen LogP contribution is 2.07. The third kappa shape index (κ3) is 3.21. The average molecular weight is 193 g/mol. The molecule has 0 radical (unpaired) electrons. The summed E-state index contributed by atoms with van der Waals surface area (Å²) < 4.78 is 13.2. The van der Waals surface area contributed by atoms with Crippen LogP contribution in [0.1, 0.15) is 25.3 Å². The monoisotopic (exact) mass is 193 g/mol. The minimum atomic E-state index is -0.163. The summed E-state index contributed by atoms with van der Waals surface area (Å²) in [6.45, 7) is 6.47. The second kappa shape index (κ2) is 5.43. The van der Waals surface area contributed by atoms with Crippen LogP contribution in [-0.2, 0) is 6.54 Å². The lowest BCUT2D eigenvalue weighted by Gasteiger charge is -2.08. The predicted molar refractivity (Wildman–Crippen MR) is 57.3 cm³/mol. The summed E-state index contributed by atoms with van der Waals surface area (Å²) in [6.07, 6.45) is 2.00. The summed E-state index contributed by atoms with van der Waals surface area (Å²) in [7, 11) is 0. The maximum absolute atomic E-state index is 13.2. The van der Waals surface area contributed by atoms with Crippen molar-refractivity contribution in [1.82, 2.24) is 5.32 Å². The molecule has 1 aromatic rings. The Labute approximate surface area is 84.6 Å². The fourth-order valence-corrected chi connectivity index (χ4v) is 1.25. The molecule has 0 aliphatic rings. The van der Waals surface area contributed by atoms with Crippen LogP contribution in [0, 0.1) is 5.82 Å². The minimum Gasteiger partial charge on any atom is -0.385 e. The third-order valence-electron chi connectivity index (χ3n) is 2.04. The molecule has 1 nitrogen and oxygen atoms in total. The van der Waals surface area contributed by atoms with Gasteiger partial charge in [-0.05, 0) is 12.5 Å². The van der Waals surface area contributed by atoms with Crippen LogP contribution in [-0.4, -0.2) is 0 Å². The second-order valence-electron chi connectivity index (χ2n) is 3.30. The zero-order valence-corrected chi connectivity index (χ0v) is 8.52. The van der Waals surface area contributed by atoms with Crippen molar-refractivity contribution in [3.05, 3.63) is 47.9 Å². The van der Waals surface area contributed by atoms with Gasteiger partial charge in [0.1, 0.15) is 5.82 Å². The Hall–Kier alpha value is -1.31. The molecule has 2 heteroatoms. The molecule has 0 aliphatic heterocycles. The lowest BCUT2D eigenvalue weighted by atomic mass is 10.2. The van der Waals surface area contributed by atoms with Crippen molar-refractivity contribution in [2.45, 2.75) is 26.3 Å². The van der Waals surface area contributed by atoms with Crippen molar-refractivity contribution in [1.29, 1.82) is 0 Å². The minimum absolute atomic E-state index is 0.163. The van der Waals surface area contributed by atoms with Gasteiger partial charge in [0, 0.05) is 17.8 Å². The molecule has 0 aliphatic carbocycles. The van der Waals surface area contributed by atoms with Gasteiger partial charge in [0.25, 0.3) is 0 Å². The van der Waals surface area contributed by atoms with Gasteiger partial charge >= 0.3 is 0 Å². The van der Waals surface area contributed by atoms with Crippen LogP contribution in [0.25, 0.3) is 0 Å². The van der Waals surface area contributed by atoms with Crippen LogP contribution in [0.2, 0.25) is 0 Å². The topological polar surface area (TPSA) is 12.0 Å². The molecule has 0 heterocycles. The number of benzene rings is 1. The van der Waals surface area contributed by atoms with Crippen molar-refractivity contribution in [3.8, 4) is 0 Å². The first-order valence-electron chi connectivity index (χ1n) is 4.89. The van der Waals surface area contributed by atoms with Gasteiger partial charge in [-0.15, -0.1) is 0 Å². The van der Waals surface area contributed by atoms with E-state index in [1.807, 2.05) is 6.07 Å². The Balaban J connectivity index is 2.46. The normalized spacial score (nSPS) is 9.86. The van der Waals surface area contributed by atoms with E-state index < -0.39 is 0 Å². The molecule has 0 saturated heterocycles. The maximum atomic E-state index is 13.2. The van der Waals surface area contributed by atoms with Crippen LogP contribution >= 0.6 is 0 Å². The van der Waals surface area contributed by atoms with Crippen molar-refractivity contribution < 1.29 is 4.39 Å². The van der Waals surface area contributed by atoms with E-state index in [1.165, 1.54) is 6.07 Å². The smallest absolute Gasteiger partial charge is 0.128 e. The SMILES string of the molecule is C=C(CCC)NCc1ccccc1F. The van der Waals surface area contributed by atoms with E-state index in [9.17, 15) is 4.39 Å². The van der Waals surface area contributed by atoms with Gasteiger partial charge in [0.05, 0.1) is 0 Å². The van der Waals surface area contributed by atoms with Crippen LogP contribution in [0.4, 0.5) is 4.39 Å². The molecule has 0 amide bonds. The molecular weight excluding hydrogens is 177 g/mol. The Morgan fingerprint density at radius 2 is 2.14 bits per heavy atom. The number of nitrogens with one attached hydrogen (secondary N) is 1. The van der Waals surface area contributed by atoms with E-state index >= 15 is 0 Å². The molecule has 0 bridgehead atoms. The van der Waals surface area contributed by atoms with Gasteiger partial charge < -0.3 is 5.32 Å². The quantitative estimate of drug-likeness (QED) is 0.757. The maximum Gasteiger partial charge on any atom is 0.128 e. The number of rotatable bonds is 5. The largest absolute Gasteiger partial charge is 0.385 e. The van der Waals surface area contributed by atoms with E-state index in [-0.39, 0.29) is 5.82 Å². The molecule has 14 heavy (non-hydrogen) atoms. The summed E-state index contributed by atoms with van der Waals surface area (Å²) >= 11 is 0. The van der Waals surface area contributed by atoms with E-state index in [0.717, 1.165) is 18.5 Å². The van der Waals surface area contributed by atoms with E-state index in [4.69, 9.17) is 0 Å². The van der Waals surface area contributed by atoms with Gasteiger partial charge in [-0.1, -0.05) is 38.1 Å². The molecular formula is C12H16FN. The molecule has 76 valence electrons. The van der Waals surface area contributed by atoms with Crippen molar-refractivity contribution in [2.75, 3.05) is 0 Å². The molecule has 1 rings (SSSR count). The highest BCUT2D eigenvalue weighted by molar-refractivity contribution is 5.17. The molecule has 0 unspecified atom stereocenters. The first-order valence-corrected chi connectivity index (χ1v) is 4.89. The van der Waals surface area contributed by atoms with Crippen LogP contribution < -0.4 is 5.32 Å². The lowest BCUT2D eigenvalue weighted by molar-refractivity contribution is 0.598.